The van der Waals surface area contributed by atoms with Crippen molar-refractivity contribution in [3.8, 4) is 0 Å². The molecule has 2 unspecified atom stereocenters. The van der Waals surface area contributed by atoms with Crippen molar-refractivity contribution in [3.05, 3.63) is 28.4 Å². The summed E-state index contributed by atoms with van der Waals surface area (Å²) >= 11 is 0. The first-order valence-corrected chi connectivity index (χ1v) is 10.7. The standard InChI is InChI=1S/C17H26N3O8P/c1-8-5-10-7-20(16(23)19-14(10)18-8)15-13(22)12(21)11(27-15)6-9(2)28-29(25,26)17(3,4)24/h5,7,9,11-13,15,21-22,24H,6H2,1-4H3,(H,25,26)(H,18,19,23)/t9-,11+,12+,13+,15?/m0/s1. The van der Waals surface area contributed by atoms with Crippen molar-refractivity contribution in [1.29, 1.82) is 0 Å². The van der Waals surface area contributed by atoms with E-state index in [0.717, 1.165) is 24.1 Å². The summed E-state index contributed by atoms with van der Waals surface area (Å²) in [5, 5.41) is 29.2. The average molecular weight is 431 g/mol. The number of aliphatic hydroxyl groups is 3. The molecule has 3 heterocycles. The molecule has 2 aromatic rings. The van der Waals surface area contributed by atoms with Crippen LogP contribution >= 0.6 is 7.60 Å². The monoisotopic (exact) mass is 431 g/mol. The average Bonchev–Trinajstić information content (AvgIpc) is 3.05. The minimum Gasteiger partial charge on any atom is -0.388 e. The van der Waals surface area contributed by atoms with Gasteiger partial charge in [-0.05, 0) is 33.8 Å². The van der Waals surface area contributed by atoms with Crippen molar-refractivity contribution in [2.75, 3.05) is 0 Å². The normalized spacial score (nSPS) is 28.6. The van der Waals surface area contributed by atoms with Crippen molar-refractivity contribution in [2.45, 2.75) is 70.1 Å². The molecule has 12 heteroatoms. The van der Waals surface area contributed by atoms with E-state index in [1.54, 1.807) is 6.07 Å². The van der Waals surface area contributed by atoms with Gasteiger partial charge in [0, 0.05) is 23.7 Å². The van der Waals surface area contributed by atoms with Crippen molar-refractivity contribution in [3.63, 3.8) is 0 Å². The zero-order chi connectivity index (χ0) is 21.7. The Morgan fingerprint density at radius 2 is 2.07 bits per heavy atom. The molecule has 3 rings (SSSR count). The Balaban J connectivity index is 1.78. The second-order valence-corrected chi connectivity index (χ2v) is 10.2. The molecule has 0 radical (unpaired) electrons. The lowest BCUT2D eigenvalue weighted by Crippen LogP contribution is -2.36. The smallest absolute Gasteiger partial charge is 0.359 e. The predicted octanol–water partition coefficient (Wildman–Crippen LogP) is 0.361. The highest BCUT2D eigenvalue weighted by atomic mass is 31.2. The van der Waals surface area contributed by atoms with Gasteiger partial charge in [-0.1, -0.05) is 0 Å². The highest BCUT2D eigenvalue weighted by Crippen LogP contribution is 2.54. The van der Waals surface area contributed by atoms with E-state index < -0.39 is 49.3 Å². The number of aromatic nitrogens is 3. The van der Waals surface area contributed by atoms with Gasteiger partial charge in [0.25, 0.3) is 0 Å². The first-order chi connectivity index (χ1) is 13.3. The van der Waals surface area contributed by atoms with Gasteiger partial charge in [-0.3, -0.25) is 9.13 Å². The Morgan fingerprint density at radius 3 is 2.69 bits per heavy atom. The predicted molar refractivity (Wildman–Crippen MR) is 102 cm³/mol. The summed E-state index contributed by atoms with van der Waals surface area (Å²) in [4.78, 5) is 29.1. The molecular weight excluding hydrogens is 405 g/mol. The molecule has 1 fully saturated rings. The summed E-state index contributed by atoms with van der Waals surface area (Å²) in [7, 11) is -4.34. The van der Waals surface area contributed by atoms with Crippen LogP contribution in [0.25, 0.3) is 11.0 Å². The number of aliphatic hydroxyl groups excluding tert-OH is 2. The highest BCUT2D eigenvalue weighted by Gasteiger charge is 2.46. The molecule has 5 N–H and O–H groups in total. The fourth-order valence-electron chi connectivity index (χ4n) is 3.23. The van der Waals surface area contributed by atoms with Crippen LogP contribution in [0.2, 0.25) is 0 Å². The van der Waals surface area contributed by atoms with Crippen LogP contribution in [-0.2, 0) is 13.8 Å². The lowest BCUT2D eigenvalue weighted by Gasteiger charge is -2.28. The Labute approximate surface area is 166 Å². The van der Waals surface area contributed by atoms with Crippen molar-refractivity contribution in [1.82, 2.24) is 14.5 Å². The maximum absolute atomic E-state index is 12.3. The fraction of sp³-hybridized carbons (Fsp3) is 0.647. The Bertz CT molecular complexity index is 997. The summed E-state index contributed by atoms with van der Waals surface area (Å²) < 4.78 is 24.0. The Morgan fingerprint density at radius 1 is 1.41 bits per heavy atom. The lowest BCUT2D eigenvalue weighted by atomic mass is 10.1. The molecule has 0 amide bonds. The van der Waals surface area contributed by atoms with Gasteiger partial charge in [-0.2, -0.15) is 4.98 Å². The van der Waals surface area contributed by atoms with Gasteiger partial charge in [0.05, 0.1) is 12.2 Å². The molecule has 0 aliphatic carbocycles. The summed E-state index contributed by atoms with van der Waals surface area (Å²) in [6.45, 7) is 5.60. The van der Waals surface area contributed by atoms with Gasteiger partial charge >= 0.3 is 13.3 Å². The van der Waals surface area contributed by atoms with E-state index in [2.05, 4.69) is 9.97 Å². The molecule has 0 aromatic carbocycles. The molecule has 1 saturated heterocycles. The van der Waals surface area contributed by atoms with Crippen LogP contribution in [0, 0.1) is 6.92 Å². The second-order valence-electron chi connectivity index (χ2n) is 7.90. The van der Waals surface area contributed by atoms with Gasteiger partial charge in [0.15, 0.2) is 11.6 Å². The van der Waals surface area contributed by atoms with E-state index >= 15 is 0 Å². The van der Waals surface area contributed by atoms with Crippen LogP contribution in [-0.4, -0.2) is 64.5 Å². The highest BCUT2D eigenvalue weighted by molar-refractivity contribution is 7.54. The number of hydrogen-bond donors (Lipinski definition) is 5. The van der Waals surface area contributed by atoms with Gasteiger partial charge in [0.2, 0.25) is 0 Å². The third-order valence-electron chi connectivity index (χ3n) is 4.86. The van der Waals surface area contributed by atoms with E-state index in [0.29, 0.717) is 11.0 Å². The SMILES string of the molecule is Cc1cc2cn(C3O[C@H](C[C@H](C)OP(=O)(O)C(C)(C)O)[C@@H](O)[C@H]3O)c(=O)nc2[nH]1. The largest absolute Gasteiger partial charge is 0.388 e. The number of hydrogen-bond acceptors (Lipinski definition) is 8. The Hall–Kier alpha value is -1.59. The van der Waals surface area contributed by atoms with Crippen LogP contribution in [0.15, 0.2) is 17.1 Å². The topological polar surface area (TPSA) is 167 Å². The third-order valence-corrected chi connectivity index (χ3v) is 6.89. The molecule has 1 aliphatic heterocycles. The van der Waals surface area contributed by atoms with E-state index in [9.17, 15) is 29.6 Å². The quantitative estimate of drug-likeness (QED) is 0.406. The van der Waals surface area contributed by atoms with Gasteiger partial charge in [-0.25, -0.2) is 4.79 Å². The molecule has 2 aromatic heterocycles. The summed E-state index contributed by atoms with van der Waals surface area (Å²) in [5.74, 6) is 0. The molecule has 6 atom stereocenters. The van der Waals surface area contributed by atoms with Gasteiger partial charge < -0.3 is 34.5 Å². The molecule has 0 bridgehead atoms. The van der Waals surface area contributed by atoms with E-state index in [4.69, 9.17) is 9.26 Å². The molecule has 0 saturated carbocycles. The first kappa shape index (κ1) is 22.1. The van der Waals surface area contributed by atoms with Crippen LogP contribution in [0.5, 0.6) is 0 Å². The maximum Gasteiger partial charge on any atom is 0.359 e. The number of aromatic amines is 1. The first-order valence-electron chi connectivity index (χ1n) is 9.14. The van der Waals surface area contributed by atoms with Crippen LogP contribution < -0.4 is 5.69 Å². The van der Waals surface area contributed by atoms with E-state index in [1.165, 1.54) is 13.1 Å². The fourth-order valence-corrected chi connectivity index (χ4v) is 4.06. The molecule has 0 spiro atoms. The van der Waals surface area contributed by atoms with Crippen molar-refractivity contribution < 1.29 is 34.0 Å². The van der Waals surface area contributed by atoms with Crippen LogP contribution in [0.1, 0.15) is 39.1 Å². The number of fused-ring (bicyclic) bond motifs is 1. The van der Waals surface area contributed by atoms with Crippen molar-refractivity contribution >= 4 is 18.6 Å². The minimum atomic E-state index is -4.34. The number of aryl methyl sites for hydroxylation is 1. The zero-order valence-electron chi connectivity index (χ0n) is 16.5. The summed E-state index contributed by atoms with van der Waals surface area (Å²) in [6, 6.07) is 1.78. The molecule has 11 nitrogen and oxygen atoms in total. The Kier molecular flexibility index (Phi) is 5.78. The van der Waals surface area contributed by atoms with Gasteiger partial charge in [-0.15, -0.1) is 0 Å². The molecule has 162 valence electrons. The third kappa shape index (κ3) is 4.31. The van der Waals surface area contributed by atoms with E-state index in [-0.39, 0.29) is 6.42 Å². The summed E-state index contributed by atoms with van der Waals surface area (Å²) in [5.41, 5.74) is 0.546. The number of ether oxygens (including phenoxy) is 1. The number of H-pyrrole nitrogens is 1. The minimum absolute atomic E-state index is 0.0525. The number of rotatable bonds is 6. The number of nitrogens with one attached hydrogen (secondary N) is 1. The number of nitrogens with zero attached hydrogens (tertiary/aromatic N) is 2. The maximum atomic E-state index is 12.3. The zero-order valence-corrected chi connectivity index (χ0v) is 17.4. The van der Waals surface area contributed by atoms with Crippen LogP contribution in [0.4, 0.5) is 0 Å². The summed E-state index contributed by atoms with van der Waals surface area (Å²) in [6.07, 6.45) is -4.39. The van der Waals surface area contributed by atoms with Crippen molar-refractivity contribution in [2.24, 2.45) is 0 Å². The van der Waals surface area contributed by atoms with E-state index in [1.807, 2.05) is 6.92 Å². The second kappa shape index (κ2) is 7.59. The molecule has 29 heavy (non-hydrogen) atoms. The molecular formula is C17H26N3O8P. The van der Waals surface area contributed by atoms with Crippen LogP contribution in [0.3, 0.4) is 0 Å². The van der Waals surface area contributed by atoms with Gasteiger partial charge in [0.1, 0.15) is 17.9 Å². The lowest BCUT2D eigenvalue weighted by molar-refractivity contribution is -0.0506. The molecule has 1 aliphatic rings.